The molecule has 4 heteroatoms. The first kappa shape index (κ1) is 13.6. The molecule has 2 rings (SSSR count). The number of aliphatic hydroxyl groups excluding tert-OH is 1. The van der Waals surface area contributed by atoms with Crippen LogP contribution in [0.1, 0.15) is 22.8 Å². The molecule has 96 valence electrons. The van der Waals surface area contributed by atoms with Crippen LogP contribution in [0.25, 0.3) is 0 Å². The predicted octanol–water partition coefficient (Wildman–Crippen LogP) is 3.53. The molecule has 0 aliphatic rings. The van der Waals surface area contributed by atoms with Crippen LogP contribution in [-0.4, -0.2) is 11.7 Å². The van der Waals surface area contributed by atoms with Gasteiger partial charge in [-0.25, -0.2) is 0 Å². The van der Waals surface area contributed by atoms with Crippen molar-refractivity contribution < 1.29 is 5.11 Å². The average Bonchev–Trinajstić information content (AvgIpc) is 2.85. The van der Waals surface area contributed by atoms with Crippen molar-refractivity contribution >= 4 is 22.9 Å². The van der Waals surface area contributed by atoms with E-state index in [0.717, 1.165) is 17.1 Å². The quantitative estimate of drug-likeness (QED) is 0.879. The Morgan fingerprint density at radius 2 is 2.22 bits per heavy atom. The lowest BCUT2D eigenvalue weighted by Crippen LogP contribution is -2.21. The lowest BCUT2D eigenvalue weighted by Gasteiger charge is -2.12. The van der Waals surface area contributed by atoms with Crippen LogP contribution in [0, 0.1) is 6.92 Å². The molecule has 1 aromatic heterocycles. The van der Waals surface area contributed by atoms with Crippen molar-refractivity contribution in [3.63, 3.8) is 0 Å². The second-order valence-electron chi connectivity index (χ2n) is 4.27. The molecule has 0 saturated heterocycles. The molecule has 1 aromatic carbocycles. The van der Waals surface area contributed by atoms with Crippen molar-refractivity contribution in [1.82, 2.24) is 5.32 Å². The second-order valence-corrected chi connectivity index (χ2v) is 5.49. The van der Waals surface area contributed by atoms with Crippen LogP contribution in [0.4, 0.5) is 0 Å². The van der Waals surface area contributed by atoms with Gasteiger partial charge in [0, 0.05) is 18.1 Å². The van der Waals surface area contributed by atoms with Crippen LogP contribution in [-0.2, 0) is 6.54 Å². The highest BCUT2D eigenvalue weighted by Crippen LogP contribution is 2.17. The summed E-state index contributed by atoms with van der Waals surface area (Å²) < 4.78 is 0. The van der Waals surface area contributed by atoms with Crippen LogP contribution in [0.3, 0.4) is 0 Å². The Balaban J connectivity index is 1.85. The minimum atomic E-state index is -0.441. The van der Waals surface area contributed by atoms with E-state index in [9.17, 15) is 5.11 Å². The molecule has 0 aliphatic carbocycles. The number of rotatable bonds is 5. The van der Waals surface area contributed by atoms with Crippen molar-refractivity contribution in [2.45, 2.75) is 19.6 Å². The van der Waals surface area contributed by atoms with Gasteiger partial charge in [0.25, 0.3) is 0 Å². The highest BCUT2D eigenvalue weighted by molar-refractivity contribution is 7.07. The Kier molecular flexibility index (Phi) is 4.78. The third-order valence-electron chi connectivity index (χ3n) is 2.89. The smallest absolute Gasteiger partial charge is 0.0922 e. The number of hydrogen-bond donors (Lipinski definition) is 2. The Morgan fingerprint density at radius 3 is 2.89 bits per heavy atom. The monoisotopic (exact) mass is 281 g/mol. The van der Waals surface area contributed by atoms with Crippen LogP contribution in [0.15, 0.2) is 35.0 Å². The van der Waals surface area contributed by atoms with Gasteiger partial charge in [0.1, 0.15) is 0 Å². The van der Waals surface area contributed by atoms with Gasteiger partial charge in [-0.2, -0.15) is 11.3 Å². The van der Waals surface area contributed by atoms with Gasteiger partial charge in [0.05, 0.1) is 6.10 Å². The first-order valence-electron chi connectivity index (χ1n) is 5.82. The molecule has 0 aliphatic heterocycles. The van der Waals surface area contributed by atoms with Crippen molar-refractivity contribution in [3.8, 4) is 0 Å². The molecule has 2 N–H and O–H groups in total. The van der Waals surface area contributed by atoms with Crippen LogP contribution in [0.2, 0.25) is 5.02 Å². The Bertz CT molecular complexity index is 499. The van der Waals surface area contributed by atoms with Crippen molar-refractivity contribution in [1.29, 1.82) is 0 Å². The van der Waals surface area contributed by atoms with Gasteiger partial charge in [-0.15, -0.1) is 0 Å². The fraction of sp³-hybridized carbons (Fsp3) is 0.286. The number of hydrogen-bond acceptors (Lipinski definition) is 3. The van der Waals surface area contributed by atoms with Crippen LogP contribution < -0.4 is 5.32 Å². The molecule has 0 saturated carbocycles. The number of thiophene rings is 1. The summed E-state index contributed by atoms with van der Waals surface area (Å²) in [5.41, 5.74) is 3.34. The summed E-state index contributed by atoms with van der Waals surface area (Å²) in [5, 5.41) is 17.9. The lowest BCUT2D eigenvalue weighted by molar-refractivity contribution is 0.175. The molecule has 2 aromatic rings. The van der Waals surface area contributed by atoms with E-state index in [1.165, 1.54) is 11.1 Å². The second kappa shape index (κ2) is 6.34. The maximum Gasteiger partial charge on any atom is 0.0922 e. The molecule has 0 bridgehead atoms. The summed E-state index contributed by atoms with van der Waals surface area (Å²) in [6.45, 7) is 3.33. The predicted molar refractivity (Wildman–Crippen MR) is 77.2 cm³/mol. The minimum absolute atomic E-state index is 0.441. The molecule has 0 radical (unpaired) electrons. The first-order chi connectivity index (χ1) is 8.66. The van der Waals surface area contributed by atoms with Crippen molar-refractivity contribution in [2.24, 2.45) is 0 Å². The van der Waals surface area contributed by atoms with Gasteiger partial charge < -0.3 is 10.4 Å². The normalized spacial score (nSPS) is 12.6. The summed E-state index contributed by atoms with van der Waals surface area (Å²) in [5.74, 6) is 0. The Hall–Kier alpha value is -0.870. The SMILES string of the molecule is Cc1cc(Cl)ccc1CNCC(O)c1ccsc1. The van der Waals surface area contributed by atoms with E-state index >= 15 is 0 Å². The number of benzene rings is 1. The zero-order valence-corrected chi connectivity index (χ0v) is 11.8. The first-order valence-corrected chi connectivity index (χ1v) is 7.15. The standard InChI is InChI=1S/C14H16ClNOS/c1-10-6-13(15)3-2-11(10)7-16-8-14(17)12-4-5-18-9-12/h2-6,9,14,16-17H,7-8H2,1H3. The van der Waals surface area contributed by atoms with E-state index in [1.54, 1.807) is 11.3 Å². The van der Waals surface area contributed by atoms with E-state index in [0.29, 0.717) is 6.54 Å². The third kappa shape index (κ3) is 3.56. The van der Waals surface area contributed by atoms with Crippen molar-refractivity contribution in [3.05, 3.63) is 56.7 Å². The zero-order chi connectivity index (χ0) is 13.0. The maximum atomic E-state index is 9.92. The summed E-state index contributed by atoms with van der Waals surface area (Å²) in [4.78, 5) is 0. The van der Waals surface area contributed by atoms with Gasteiger partial charge in [0.15, 0.2) is 0 Å². The van der Waals surface area contributed by atoms with Crippen molar-refractivity contribution in [2.75, 3.05) is 6.54 Å². The van der Waals surface area contributed by atoms with Gasteiger partial charge in [-0.1, -0.05) is 17.7 Å². The molecule has 1 unspecified atom stereocenters. The summed E-state index contributed by atoms with van der Waals surface area (Å²) in [7, 11) is 0. The van der Waals surface area contributed by atoms with E-state index < -0.39 is 6.10 Å². The van der Waals surface area contributed by atoms with E-state index in [4.69, 9.17) is 11.6 Å². The molecule has 1 atom stereocenters. The highest BCUT2D eigenvalue weighted by Gasteiger charge is 2.07. The summed E-state index contributed by atoms with van der Waals surface area (Å²) in [6.07, 6.45) is -0.441. The lowest BCUT2D eigenvalue weighted by atomic mass is 10.1. The molecule has 0 amide bonds. The Labute approximate surface area is 116 Å². The number of aliphatic hydroxyl groups is 1. The zero-order valence-electron chi connectivity index (χ0n) is 10.2. The summed E-state index contributed by atoms with van der Waals surface area (Å²) >= 11 is 7.51. The van der Waals surface area contributed by atoms with Gasteiger partial charge in [0.2, 0.25) is 0 Å². The Morgan fingerprint density at radius 1 is 1.39 bits per heavy atom. The summed E-state index contributed by atoms with van der Waals surface area (Å²) in [6, 6.07) is 7.81. The molecule has 0 fully saturated rings. The van der Waals surface area contributed by atoms with Crippen LogP contribution >= 0.6 is 22.9 Å². The average molecular weight is 282 g/mol. The fourth-order valence-corrected chi connectivity index (χ4v) is 2.72. The van der Waals surface area contributed by atoms with Crippen LogP contribution in [0.5, 0.6) is 0 Å². The third-order valence-corrected chi connectivity index (χ3v) is 3.82. The number of halogens is 1. The number of aryl methyl sites for hydroxylation is 1. The van der Waals surface area contributed by atoms with E-state index in [2.05, 4.69) is 5.32 Å². The topological polar surface area (TPSA) is 32.3 Å². The van der Waals surface area contributed by atoms with Gasteiger partial charge >= 0.3 is 0 Å². The highest BCUT2D eigenvalue weighted by atomic mass is 35.5. The maximum absolute atomic E-state index is 9.92. The molecule has 1 heterocycles. The minimum Gasteiger partial charge on any atom is -0.387 e. The number of nitrogens with one attached hydrogen (secondary N) is 1. The molecular formula is C14H16ClNOS. The van der Waals surface area contributed by atoms with E-state index in [1.807, 2.05) is 41.9 Å². The fourth-order valence-electron chi connectivity index (χ4n) is 1.78. The largest absolute Gasteiger partial charge is 0.387 e. The molecular weight excluding hydrogens is 266 g/mol. The van der Waals surface area contributed by atoms with E-state index in [-0.39, 0.29) is 0 Å². The molecule has 18 heavy (non-hydrogen) atoms. The van der Waals surface area contributed by atoms with Gasteiger partial charge in [-0.3, -0.25) is 0 Å². The molecule has 2 nitrogen and oxygen atoms in total. The molecule has 0 spiro atoms. The van der Waals surface area contributed by atoms with Gasteiger partial charge in [-0.05, 0) is 52.6 Å².